The van der Waals surface area contributed by atoms with Gasteiger partial charge in [0.05, 0.1) is 23.9 Å². The van der Waals surface area contributed by atoms with Crippen LogP contribution in [-0.2, 0) is 13.7 Å². The highest BCUT2D eigenvalue weighted by Gasteiger charge is 2.09. The summed E-state index contributed by atoms with van der Waals surface area (Å²) in [6.07, 6.45) is 1.72. The number of hydrogen-bond acceptors (Lipinski definition) is 5. The third-order valence-corrected chi connectivity index (χ3v) is 5.14. The first-order valence-electron chi connectivity index (χ1n) is 9.99. The van der Waals surface area contributed by atoms with Gasteiger partial charge in [-0.2, -0.15) is 5.10 Å². The monoisotopic (exact) mass is 434 g/mol. The number of halogens is 1. The highest BCUT2D eigenvalue weighted by molar-refractivity contribution is 6.31. The lowest BCUT2D eigenvalue weighted by Crippen LogP contribution is -2.01. The largest absolute Gasteiger partial charge is 0.490 e. The van der Waals surface area contributed by atoms with E-state index in [9.17, 15) is 0 Å². The molecule has 4 rings (SSSR count). The third kappa shape index (κ3) is 4.81. The van der Waals surface area contributed by atoms with E-state index in [1.54, 1.807) is 6.21 Å². The van der Waals surface area contributed by atoms with Crippen LogP contribution in [0.4, 0.5) is 5.95 Å². The molecular weight excluding hydrogens is 412 g/mol. The van der Waals surface area contributed by atoms with Gasteiger partial charge in [-0.15, -0.1) is 0 Å². The van der Waals surface area contributed by atoms with Gasteiger partial charge in [-0.1, -0.05) is 41.9 Å². The number of imidazole rings is 1. The van der Waals surface area contributed by atoms with Gasteiger partial charge in [-0.25, -0.2) is 10.4 Å². The molecule has 0 aliphatic heterocycles. The maximum Gasteiger partial charge on any atom is 0.224 e. The standard InChI is InChI=1S/C24H23ClN4O2/c1-3-30-23-14-17(12-13-22(23)31-16-18-8-4-5-9-19(18)25)15-26-28-24-27-20-10-6-7-11-21(20)29(24)2/h4-15H,3,16H2,1-2H3,(H,27,28)/b26-15-. The first-order chi connectivity index (χ1) is 15.2. The summed E-state index contributed by atoms with van der Waals surface area (Å²) in [4.78, 5) is 4.55. The van der Waals surface area contributed by atoms with Crippen LogP contribution < -0.4 is 14.9 Å². The second kappa shape index (κ2) is 9.53. The summed E-state index contributed by atoms with van der Waals surface area (Å²) in [5.74, 6) is 1.98. The summed E-state index contributed by atoms with van der Waals surface area (Å²) < 4.78 is 13.7. The smallest absolute Gasteiger partial charge is 0.224 e. The van der Waals surface area contributed by atoms with Crippen LogP contribution in [0.25, 0.3) is 11.0 Å². The molecule has 0 unspecified atom stereocenters. The topological polar surface area (TPSA) is 60.7 Å². The van der Waals surface area contributed by atoms with Gasteiger partial charge in [0.15, 0.2) is 11.5 Å². The summed E-state index contributed by atoms with van der Waals surface area (Å²) >= 11 is 6.22. The molecule has 158 valence electrons. The van der Waals surface area contributed by atoms with E-state index >= 15 is 0 Å². The van der Waals surface area contributed by atoms with E-state index in [-0.39, 0.29) is 0 Å². The molecule has 0 spiro atoms. The average molecular weight is 435 g/mol. The molecule has 31 heavy (non-hydrogen) atoms. The number of hydrogen-bond donors (Lipinski definition) is 1. The lowest BCUT2D eigenvalue weighted by Gasteiger charge is -2.13. The Hall–Kier alpha value is -3.51. The second-order valence-corrected chi connectivity index (χ2v) is 7.28. The maximum atomic E-state index is 6.22. The Kier molecular flexibility index (Phi) is 6.38. The van der Waals surface area contributed by atoms with Crippen molar-refractivity contribution in [2.45, 2.75) is 13.5 Å². The van der Waals surface area contributed by atoms with Crippen LogP contribution in [0.15, 0.2) is 71.8 Å². The molecule has 1 aromatic heterocycles. The second-order valence-electron chi connectivity index (χ2n) is 6.87. The molecule has 1 N–H and O–H groups in total. The zero-order valence-electron chi connectivity index (χ0n) is 17.4. The van der Waals surface area contributed by atoms with Crippen molar-refractivity contribution < 1.29 is 9.47 Å². The van der Waals surface area contributed by atoms with Crippen LogP contribution in [0.1, 0.15) is 18.1 Å². The van der Waals surface area contributed by atoms with E-state index in [4.69, 9.17) is 21.1 Å². The zero-order valence-corrected chi connectivity index (χ0v) is 18.1. The Balaban J connectivity index is 1.47. The van der Waals surface area contributed by atoms with Gasteiger partial charge in [0.25, 0.3) is 0 Å². The fourth-order valence-corrected chi connectivity index (χ4v) is 3.36. The Morgan fingerprint density at radius 1 is 1.03 bits per heavy atom. The quantitative estimate of drug-likeness (QED) is 0.287. The van der Waals surface area contributed by atoms with Gasteiger partial charge in [0.2, 0.25) is 5.95 Å². The van der Waals surface area contributed by atoms with Crippen LogP contribution in [0, 0.1) is 0 Å². The van der Waals surface area contributed by atoms with Crippen molar-refractivity contribution in [2.75, 3.05) is 12.0 Å². The maximum absolute atomic E-state index is 6.22. The first kappa shape index (κ1) is 20.8. The SMILES string of the molecule is CCOc1cc(/C=N\Nc2nc3ccccc3n2C)ccc1OCc1ccccc1Cl. The molecule has 0 saturated carbocycles. The third-order valence-electron chi connectivity index (χ3n) is 4.77. The predicted molar refractivity (Wildman–Crippen MR) is 125 cm³/mol. The first-order valence-corrected chi connectivity index (χ1v) is 10.4. The number of rotatable bonds is 8. The van der Waals surface area contributed by atoms with E-state index < -0.39 is 0 Å². The summed E-state index contributed by atoms with van der Waals surface area (Å²) in [6.45, 7) is 2.83. The van der Waals surface area contributed by atoms with E-state index in [0.29, 0.717) is 35.7 Å². The van der Waals surface area contributed by atoms with E-state index in [1.165, 1.54) is 0 Å². The highest BCUT2D eigenvalue weighted by atomic mass is 35.5. The molecule has 0 fully saturated rings. The Morgan fingerprint density at radius 3 is 2.65 bits per heavy atom. The van der Waals surface area contributed by atoms with Crippen molar-refractivity contribution in [2.24, 2.45) is 12.1 Å². The Morgan fingerprint density at radius 2 is 1.84 bits per heavy atom. The number of anilines is 1. The molecule has 0 aliphatic carbocycles. The molecular formula is C24H23ClN4O2. The van der Waals surface area contributed by atoms with E-state index in [1.807, 2.05) is 85.3 Å². The van der Waals surface area contributed by atoms with Crippen molar-refractivity contribution in [1.82, 2.24) is 9.55 Å². The molecule has 0 amide bonds. The number of nitrogens with zero attached hydrogens (tertiary/aromatic N) is 3. The van der Waals surface area contributed by atoms with E-state index in [0.717, 1.165) is 22.2 Å². The highest BCUT2D eigenvalue weighted by Crippen LogP contribution is 2.29. The van der Waals surface area contributed by atoms with Crippen LogP contribution >= 0.6 is 11.6 Å². The molecule has 0 bridgehead atoms. The van der Waals surface area contributed by atoms with Crippen LogP contribution in [0.3, 0.4) is 0 Å². The number of fused-ring (bicyclic) bond motifs is 1. The Labute approximate surface area is 186 Å². The predicted octanol–water partition coefficient (Wildman–Crippen LogP) is 5.65. The average Bonchev–Trinajstić information content (AvgIpc) is 3.10. The molecule has 6 nitrogen and oxygen atoms in total. The lowest BCUT2D eigenvalue weighted by molar-refractivity contribution is 0.269. The minimum absolute atomic E-state index is 0.363. The molecule has 0 atom stereocenters. The van der Waals surface area contributed by atoms with Crippen LogP contribution in [0.2, 0.25) is 5.02 Å². The minimum atomic E-state index is 0.363. The van der Waals surface area contributed by atoms with Crippen molar-refractivity contribution in [3.63, 3.8) is 0 Å². The molecule has 0 aliphatic rings. The number of ether oxygens (including phenoxy) is 2. The lowest BCUT2D eigenvalue weighted by atomic mass is 10.2. The van der Waals surface area contributed by atoms with Crippen molar-refractivity contribution in [3.8, 4) is 11.5 Å². The summed E-state index contributed by atoms with van der Waals surface area (Å²) in [6, 6.07) is 21.3. The van der Waals surface area contributed by atoms with Gasteiger partial charge < -0.3 is 14.0 Å². The molecule has 4 aromatic rings. The van der Waals surface area contributed by atoms with Gasteiger partial charge in [-0.05, 0) is 48.9 Å². The van der Waals surface area contributed by atoms with Gasteiger partial charge in [0.1, 0.15) is 6.61 Å². The summed E-state index contributed by atoms with van der Waals surface area (Å²) in [5, 5.41) is 5.01. The normalized spacial score (nSPS) is 11.2. The van der Waals surface area contributed by atoms with Gasteiger partial charge >= 0.3 is 0 Å². The number of aryl methyl sites for hydroxylation is 1. The fraction of sp³-hybridized carbons (Fsp3) is 0.167. The fourth-order valence-electron chi connectivity index (χ4n) is 3.17. The van der Waals surface area contributed by atoms with Gasteiger partial charge in [-0.3, -0.25) is 0 Å². The molecule has 7 heteroatoms. The molecule has 1 heterocycles. The number of nitrogens with one attached hydrogen (secondary N) is 1. The number of hydrazone groups is 1. The minimum Gasteiger partial charge on any atom is -0.490 e. The molecule has 3 aromatic carbocycles. The summed E-state index contributed by atoms with van der Waals surface area (Å²) in [7, 11) is 1.95. The van der Waals surface area contributed by atoms with Crippen LogP contribution in [0.5, 0.6) is 11.5 Å². The molecule has 0 radical (unpaired) electrons. The number of para-hydroxylation sites is 2. The Bertz CT molecular complexity index is 1220. The summed E-state index contributed by atoms with van der Waals surface area (Å²) in [5.41, 5.74) is 6.76. The number of benzene rings is 3. The molecule has 0 saturated heterocycles. The van der Waals surface area contributed by atoms with Crippen molar-refractivity contribution in [3.05, 3.63) is 82.9 Å². The number of aromatic nitrogens is 2. The zero-order chi connectivity index (χ0) is 21.6. The van der Waals surface area contributed by atoms with Crippen LogP contribution in [-0.4, -0.2) is 22.4 Å². The van der Waals surface area contributed by atoms with Crippen molar-refractivity contribution >= 4 is 34.8 Å². The van der Waals surface area contributed by atoms with E-state index in [2.05, 4.69) is 15.5 Å². The van der Waals surface area contributed by atoms with Crippen molar-refractivity contribution in [1.29, 1.82) is 0 Å². The van der Waals surface area contributed by atoms with Gasteiger partial charge in [0, 0.05) is 17.6 Å².